The fraction of sp³-hybridized carbons (Fsp3) is 0.174. The molecule has 1 amide bonds. The molecule has 0 aliphatic heterocycles. The van der Waals surface area contributed by atoms with E-state index in [0.717, 1.165) is 16.7 Å². The first-order chi connectivity index (χ1) is 14.1. The van der Waals surface area contributed by atoms with Gasteiger partial charge >= 0.3 is 0 Å². The molecule has 0 aliphatic carbocycles. The van der Waals surface area contributed by atoms with E-state index in [0.29, 0.717) is 16.4 Å². The summed E-state index contributed by atoms with van der Waals surface area (Å²) in [6.45, 7) is 5.87. The zero-order valence-electron chi connectivity index (χ0n) is 17.0. The van der Waals surface area contributed by atoms with Gasteiger partial charge in [-0.05, 0) is 79.4 Å². The highest BCUT2D eigenvalue weighted by Crippen LogP contribution is 2.23. The summed E-state index contributed by atoms with van der Waals surface area (Å²) in [6, 6.07) is 16.9. The van der Waals surface area contributed by atoms with Crippen LogP contribution in [0.25, 0.3) is 0 Å². The smallest absolute Gasteiger partial charge is 0.261 e. The maximum atomic E-state index is 12.6. The van der Waals surface area contributed by atoms with E-state index in [9.17, 15) is 13.2 Å². The topological polar surface area (TPSA) is 75.3 Å². The average molecular weight is 443 g/mol. The Morgan fingerprint density at radius 2 is 1.47 bits per heavy atom. The minimum atomic E-state index is -3.77. The summed E-state index contributed by atoms with van der Waals surface area (Å²) in [5, 5.41) is 3.28. The third-order valence-electron chi connectivity index (χ3n) is 4.81. The Hall–Kier alpha value is -2.83. The number of anilines is 2. The molecule has 30 heavy (non-hydrogen) atoms. The van der Waals surface area contributed by atoms with E-state index in [1.807, 2.05) is 39.0 Å². The van der Waals surface area contributed by atoms with Crippen LogP contribution in [0.4, 0.5) is 11.4 Å². The number of carbonyl (C=O) groups excluding carboxylic acids is 1. The van der Waals surface area contributed by atoms with Crippen molar-refractivity contribution in [3.8, 4) is 0 Å². The van der Waals surface area contributed by atoms with Gasteiger partial charge in [-0.25, -0.2) is 8.42 Å². The molecule has 0 spiro atoms. The molecule has 156 valence electrons. The van der Waals surface area contributed by atoms with Gasteiger partial charge in [0.05, 0.1) is 17.0 Å². The molecule has 5 nitrogen and oxygen atoms in total. The zero-order valence-corrected chi connectivity index (χ0v) is 18.6. The number of hydrogen-bond acceptors (Lipinski definition) is 3. The standard InChI is InChI=1S/C23H23ClN2O3S/c1-15-4-6-18(12-17(15)3)13-23(27)25-19-8-10-21(11-9-19)30(28,29)26-20-7-5-16(2)22(24)14-20/h4-12,14,26H,13H2,1-3H3,(H,25,27). The monoisotopic (exact) mass is 442 g/mol. The van der Waals surface area contributed by atoms with Crippen LogP contribution in [0, 0.1) is 20.8 Å². The van der Waals surface area contributed by atoms with Crippen LogP contribution in [-0.4, -0.2) is 14.3 Å². The van der Waals surface area contributed by atoms with Crippen molar-refractivity contribution in [3.63, 3.8) is 0 Å². The lowest BCUT2D eigenvalue weighted by Crippen LogP contribution is -2.15. The van der Waals surface area contributed by atoms with Crippen molar-refractivity contribution in [1.29, 1.82) is 0 Å². The van der Waals surface area contributed by atoms with Crippen LogP contribution in [0.5, 0.6) is 0 Å². The predicted octanol–water partition coefficient (Wildman–Crippen LogP) is 5.25. The van der Waals surface area contributed by atoms with Crippen molar-refractivity contribution in [2.45, 2.75) is 32.1 Å². The van der Waals surface area contributed by atoms with E-state index in [2.05, 4.69) is 10.0 Å². The van der Waals surface area contributed by atoms with Crippen molar-refractivity contribution in [3.05, 3.63) is 87.9 Å². The van der Waals surface area contributed by atoms with Crippen LogP contribution in [0.1, 0.15) is 22.3 Å². The quantitative estimate of drug-likeness (QED) is 0.547. The van der Waals surface area contributed by atoms with Gasteiger partial charge in [0.1, 0.15) is 0 Å². The summed E-state index contributed by atoms with van der Waals surface area (Å²) in [7, 11) is -3.77. The third kappa shape index (κ3) is 5.40. The summed E-state index contributed by atoms with van der Waals surface area (Å²) in [5.41, 5.74) is 5.02. The molecule has 0 unspecified atom stereocenters. The number of aryl methyl sites for hydroxylation is 3. The summed E-state index contributed by atoms with van der Waals surface area (Å²) in [6.07, 6.45) is 0.247. The van der Waals surface area contributed by atoms with Gasteiger partial charge < -0.3 is 5.32 Å². The second kappa shape index (κ2) is 8.90. The second-order valence-corrected chi connectivity index (χ2v) is 9.33. The van der Waals surface area contributed by atoms with Crippen molar-refractivity contribution < 1.29 is 13.2 Å². The molecular weight excluding hydrogens is 420 g/mol. The molecule has 0 bridgehead atoms. The largest absolute Gasteiger partial charge is 0.326 e. The molecule has 0 radical (unpaired) electrons. The van der Waals surface area contributed by atoms with Crippen LogP contribution in [0.15, 0.2) is 65.6 Å². The second-order valence-electron chi connectivity index (χ2n) is 7.24. The van der Waals surface area contributed by atoms with E-state index < -0.39 is 10.0 Å². The zero-order chi connectivity index (χ0) is 21.9. The highest BCUT2D eigenvalue weighted by molar-refractivity contribution is 7.92. The number of halogens is 1. The highest BCUT2D eigenvalue weighted by Gasteiger charge is 2.15. The van der Waals surface area contributed by atoms with Gasteiger partial charge in [-0.15, -0.1) is 0 Å². The molecule has 3 rings (SSSR count). The summed E-state index contributed by atoms with van der Waals surface area (Å²) < 4.78 is 27.7. The first-order valence-electron chi connectivity index (χ1n) is 9.39. The van der Waals surface area contributed by atoms with E-state index in [-0.39, 0.29) is 17.2 Å². The molecule has 0 saturated carbocycles. The van der Waals surface area contributed by atoms with Gasteiger partial charge in [0.15, 0.2) is 0 Å². The van der Waals surface area contributed by atoms with Gasteiger partial charge in [0, 0.05) is 10.7 Å². The van der Waals surface area contributed by atoms with Crippen molar-refractivity contribution in [2.24, 2.45) is 0 Å². The molecule has 2 N–H and O–H groups in total. The lowest BCUT2D eigenvalue weighted by molar-refractivity contribution is -0.115. The Morgan fingerprint density at radius 1 is 0.833 bits per heavy atom. The SMILES string of the molecule is Cc1ccc(CC(=O)Nc2ccc(S(=O)(=O)Nc3ccc(C)c(Cl)c3)cc2)cc1C. The van der Waals surface area contributed by atoms with E-state index in [4.69, 9.17) is 11.6 Å². The third-order valence-corrected chi connectivity index (χ3v) is 6.61. The number of sulfonamides is 1. The number of benzene rings is 3. The van der Waals surface area contributed by atoms with Gasteiger partial charge in [0.25, 0.3) is 10.0 Å². The Kier molecular flexibility index (Phi) is 6.48. The predicted molar refractivity (Wildman–Crippen MR) is 122 cm³/mol. The van der Waals surface area contributed by atoms with E-state index in [1.54, 1.807) is 30.3 Å². The molecule has 0 aromatic heterocycles. The summed E-state index contributed by atoms with van der Waals surface area (Å²) in [4.78, 5) is 12.4. The minimum Gasteiger partial charge on any atom is -0.326 e. The summed E-state index contributed by atoms with van der Waals surface area (Å²) in [5.74, 6) is -0.165. The molecule has 0 saturated heterocycles. The maximum absolute atomic E-state index is 12.6. The summed E-state index contributed by atoms with van der Waals surface area (Å²) >= 11 is 6.06. The molecule has 0 aliphatic rings. The van der Waals surface area contributed by atoms with Crippen LogP contribution in [-0.2, 0) is 21.2 Å². The Labute approximate surface area is 182 Å². The first-order valence-corrected chi connectivity index (χ1v) is 11.3. The Balaban J connectivity index is 1.66. The molecular formula is C23H23ClN2O3S. The van der Waals surface area contributed by atoms with Crippen molar-refractivity contribution in [2.75, 3.05) is 10.0 Å². The van der Waals surface area contributed by atoms with E-state index in [1.165, 1.54) is 17.7 Å². The normalized spacial score (nSPS) is 11.2. The molecule has 3 aromatic carbocycles. The lowest BCUT2D eigenvalue weighted by atomic mass is 10.0. The van der Waals surface area contributed by atoms with Gasteiger partial charge in [0.2, 0.25) is 5.91 Å². The number of carbonyl (C=O) groups is 1. The van der Waals surface area contributed by atoms with Crippen LogP contribution in [0.2, 0.25) is 5.02 Å². The Bertz CT molecular complexity index is 1190. The number of hydrogen-bond donors (Lipinski definition) is 2. The fourth-order valence-electron chi connectivity index (χ4n) is 2.89. The molecule has 0 atom stereocenters. The lowest BCUT2D eigenvalue weighted by Gasteiger charge is -2.11. The number of rotatable bonds is 6. The molecule has 7 heteroatoms. The van der Waals surface area contributed by atoms with Gasteiger partial charge in [-0.1, -0.05) is 35.9 Å². The van der Waals surface area contributed by atoms with Crippen molar-refractivity contribution >= 4 is 38.9 Å². The van der Waals surface area contributed by atoms with Crippen LogP contribution in [0.3, 0.4) is 0 Å². The maximum Gasteiger partial charge on any atom is 0.261 e. The molecule has 3 aromatic rings. The highest BCUT2D eigenvalue weighted by atomic mass is 35.5. The first kappa shape index (κ1) is 21.9. The van der Waals surface area contributed by atoms with Crippen LogP contribution >= 0.6 is 11.6 Å². The number of nitrogens with one attached hydrogen (secondary N) is 2. The Morgan fingerprint density at radius 3 is 2.10 bits per heavy atom. The van der Waals surface area contributed by atoms with Crippen LogP contribution < -0.4 is 10.0 Å². The molecule has 0 fully saturated rings. The van der Waals surface area contributed by atoms with Crippen molar-refractivity contribution in [1.82, 2.24) is 0 Å². The van der Waals surface area contributed by atoms with Gasteiger partial charge in [-0.3, -0.25) is 9.52 Å². The van der Waals surface area contributed by atoms with E-state index >= 15 is 0 Å². The molecule has 0 heterocycles. The fourth-order valence-corrected chi connectivity index (χ4v) is 4.12. The number of amides is 1. The minimum absolute atomic E-state index is 0.0892. The van der Waals surface area contributed by atoms with Gasteiger partial charge in [-0.2, -0.15) is 0 Å². The average Bonchev–Trinajstić information content (AvgIpc) is 2.68.